The minimum absolute atomic E-state index is 0.0270. The predicted octanol–water partition coefficient (Wildman–Crippen LogP) is 3.43. The van der Waals surface area contributed by atoms with Gasteiger partial charge in [0.1, 0.15) is 17.4 Å². The lowest BCUT2D eigenvalue weighted by atomic mass is 10.2. The Morgan fingerprint density at radius 1 is 1.21 bits per heavy atom. The lowest BCUT2D eigenvalue weighted by Crippen LogP contribution is -2.31. The van der Waals surface area contributed by atoms with Crippen LogP contribution in [0.2, 0.25) is 0 Å². The Morgan fingerprint density at radius 3 is 2.94 bits per heavy atom. The minimum atomic E-state index is -0.0270. The molecular weight excluding hydrogens is 438 g/mol. The molecule has 5 rings (SSSR count). The van der Waals surface area contributed by atoms with Crippen LogP contribution in [0.3, 0.4) is 0 Å². The van der Waals surface area contributed by atoms with E-state index in [1.807, 2.05) is 58.3 Å². The molecule has 1 aliphatic rings. The molecule has 1 fully saturated rings. The summed E-state index contributed by atoms with van der Waals surface area (Å²) in [5, 5.41) is 5.72. The zero-order chi connectivity index (χ0) is 22.8. The molecule has 1 aliphatic heterocycles. The topological polar surface area (TPSA) is 98.1 Å². The molecule has 4 aromatic rings. The second-order valence-corrected chi connectivity index (χ2v) is 8.66. The van der Waals surface area contributed by atoms with Gasteiger partial charge in [-0.2, -0.15) is 4.98 Å². The molecule has 0 saturated carbocycles. The summed E-state index contributed by atoms with van der Waals surface area (Å²) in [5.41, 5.74) is 1.82. The van der Waals surface area contributed by atoms with Crippen molar-refractivity contribution in [2.45, 2.75) is 19.4 Å². The first-order valence-corrected chi connectivity index (χ1v) is 11.5. The van der Waals surface area contributed by atoms with Crippen LogP contribution in [-0.4, -0.2) is 61.6 Å². The number of ether oxygens (including phenoxy) is 1. The Balaban J connectivity index is 1.35. The molecule has 4 heterocycles. The SMILES string of the molecule is COc1cccc(-c2nc(C)cn2-c2ccnc(N[C@@H]3CCN(C(=O)c4nccs4)C3)n2)c1. The van der Waals surface area contributed by atoms with Crippen molar-refractivity contribution in [2.24, 2.45) is 0 Å². The quantitative estimate of drug-likeness (QED) is 0.470. The van der Waals surface area contributed by atoms with Crippen LogP contribution in [-0.2, 0) is 0 Å². The number of benzene rings is 1. The normalized spacial score (nSPS) is 15.6. The number of nitrogens with one attached hydrogen (secondary N) is 1. The van der Waals surface area contributed by atoms with Gasteiger partial charge in [0.05, 0.1) is 12.8 Å². The van der Waals surface area contributed by atoms with Gasteiger partial charge in [-0.15, -0.1) is 11.3 Å². The van der Waals surface area contributed by atoms with Crippen LogP contribution in [0.25, 0.3) is 17.2 Å². The molecule has 9 nitrogen and oxygen atoms in total. The Hall–Kier alpha value is -3.79. The third-order valence-electron chi connectivity index (χ3n) is 5.47. The van der Waals surface area contributed by atoms with E-state index in [-0.39, 0.29) is 11.9 Å². The van der Waals surface area contributed by atoms with Gasteiger partial charge in [-0.1, -0.05) is 12.1 Å². The number of amides is 1. The third kappa shape index (κ3) is 4.42. The predicted molar refractivity (Wildman–Crippen MR) is 126 cm³/mol. The summed E-state index contributed by atoms with van der Waals surface area (Å²) in [4.78, 5) is 32.3. The average Bonchev–Trinajstić information content (AvgIpc) is 3.60. The van der Waals surface area contributed by atoms with E-state index >= 15 is 0 Å². The van der Waals surface area contributed by atoms with Crippen molar-refractivity contribution in [1.29, 1.82) is 0 Å². The highest BCUT2D eigenvalue weighted by Crippen LogP contribution is 2.26. The second kappa shape index (κ2) is 8.99. The van der Waals surface area contributed by atoms with Crippen LogP contribution < -0.4 is 10.1 Å². The number of likely N-dealkylation sites (tertiary alicyclic amines) is 1. The number of aromatic nitrogens is 5. The van der Waals surface area contributed by atoms with Crippen LogP contribution in [0, 0.1) is 6.92 Å². The fourth-order valence-electron chi connectivity index (χ4n) is 3.90. The molecule has 0 spiro atoms. The Labute approximate surface area is 195 Å². The zero-order valence-electron chi connectivity index (χ0n) is 18.3. The van der Waals surface area contributed by atoms with Crippen molar-refractivity contribution < 1.29 is 9.53 Å². The van der Waals surface area contributed by atoms with Gasteiger partial charge in [0.2, 0.25) is 5.95 Å². The van der Waals surface area contributed by atoms with Crippen LogP contribution >= 0.6 is 11.3 Å². The number of hydrogen-bond donors (Lipinski definition) is 1. The molecule has 10 heteroatoms. The third-order valence-corrected chi connectivity index (χ3v) is 6.23. The van der Waals surface area contributed by atoms with Crippen molar-refractivity contribution in [2.75, 3.05) is 25.5 Å². The Bertz CT molecular complexity index is 1270. The maximum absolute atomic E-state index is 12.6. The van der Waals surface area contributed by atoms with Crippen LogP contribution in [0.15, 0.2) is 54.3 Å². The van der Waals surface area contributed by atoms with Gasteiger partial charge >= 0.3 is 0 Å². The van der Waals surface area contributed by atoms with Gasteiger partial charge in [-0.05, 0) is 31.5 Å². The molecule has 168 valence electrons. The summed E-state index contributed by atoms with van der Waals surface area (Å²) >= 11 is 1.36. The standard InChI is InChI=1S/C23H23N7O2S/c1-15-13-30(20(26-15)16-4-3-5-18(12-16)32-2)19-6-8-25-23(28-19)27-17-7-10-29(14-17)22(31)21-24-9-11-33-21/h3-6,8-9,11-13,17H,7,10,14H2,1-2H3,(H,25,27,28)/t17-/m1/s1. The maximum atomic E-state index is 12.6. The van der Waals surface area contributed by atoms with Gasteiger partial charge in [0, 0.05) is 48.7 Å². The Morgan fingerprint density at radius 2 is 2.12 bits per heavy atom. The van der Waals surface area contributed by atoms with Crippen LogP contribution in [0.4, 0.5) is 5.95 Å². The molecule has 33 heavy (non-hydrogen) atoms. The summed E-state index contributed by atoms with van der Waals surface area (Å²) in [6.45, 7) is 3.22. The summed E-state index contributed by atoms with van der Waals surface area (Å²) in [6.07, 6.45) is 6.15. The molecule has 0 unspecified atom stereocenters. The van der Waals surface area contributed by atoms with E-state index in [0.717, 1.165) is 29.3 Å². The van der Waals surface area contributed by atoms with Crippen molar-refractivity contribution in [3.8, 4) is 23.0 Å². The lowest BCUT2D eigenvalue weighted by molar-refractivity contribution is 0.0791. The number of hydrogen-bond acceptors (Lipinski definition) is 8. The minimum Gasteiger partial charge on any atom is -0.497 e. The molecule has 3 aromatic heterocycles. The number of imidazole rings is 1. The van der Waals surface area contributed by atoms with E-state index in [1.165, 1.54) is 11.3 Å². The van der Waals surface area contributed by atoms with Gasteiger partial charge in [-0.3, -0.25) is 9.36 Å². The highest BCUT2D eigenvalue weighted by atomic mass is 32.1. The first-order valence-electron chi connectivity index (χ1n) is 10.6. The van der Waals surface area contributed by atoms with Gasteiger partial charge in [-0.25, -0.2) is 15.0 Å². The van der Waals surface area contributed by atoms with E-state index in [9.17, 15) is 4.79 Å². The van der Waals surface area contributed by atoms with Gasteiger partial charge < -0.3 is 15.0 Å². The summed E-state index contributed by atoms with van der Waals surface area (Å²) in [7, 11) is 1.65. The van der Waals surface area contributed by atoms with E-state index < -0.39 is 0 Å². The van der Waals surface area contributed by atoms with Crippen molar-refractivity contribution >= 4 is 23.2 Å². The highest BCUT2D eigenvalue weighted by molar-refractivity contribution is 7.11. The summed E-state index contributed by atoms with van der Waals surface area (Å²) < 4.78 is 7.32. The first kappa shape index (κ1) is 21.1. The fraction of sp³-hybridized carbons (Fsp3) is 0.261. The summed E-state index contributed by atoms with van der Waals surface area (Å²) in [5.74, 6) is 2.74. The molecule has 1 aromatic carbocycles. The number of thiazole rings is 1. The molecule has 1 amide bonds. The number of methoxy groups -OCH3 is 1. The van der Waals surface area contributed by atoms with Crippen LogP contribution in [0.1, 0.15) is 21.9 Å². The molecule has 0 radical (unpaired) electrons. The molecule has 1 saturated heterocycles. The van der Waals surface area contributed by atoms with Gasteiger partial charge in [0.25, 0.3) is 5.91 Å². The second-order valence-electron chi connectivity index (χ2n) is 7.76. The number of rotatable bonds is 6. The first-order chi connectivity index (χ1) is 16.1. The molecule has 0 aliphatic carbocycles. The average molecular weight is 462 g/mol. The number of carbonyl (C=O) groups is 1. The molecule has 1 N–H and O–H groups in total. The largest absolute Gasteiger partial charge is 0.497 e. The van der Waals surface area contributed by atoms with Crippen LogP contribution in [0.5, 0.6) is 5.75 Å². The van der Waals surface area contributed by atoms with Crippen molar-refractivity contribution in [3.05, 3.63) is 65.0 Å². The zero-order valence-corrected chi connectivity index (χ0v) is 19.1. The van der Waals surface area contributed by atoms with Crippen molar-refractivity contribution in [1.82, 2.24) is 29.4 Å². The molecular formula is C23H23N7O2S. The highest BCUT2D eigenvalue weighted by Gasteiger charge is 2.28. The summed E-state index contributed by atoms with van der Waals surface area (Å²) in [6, 6.07) is 9.71. The van der Waals surface area contributed by atoms with E-state index in [0.29, 0.717) is 29.9 Å². The van der Waals surface area contributed by atoms with Gasteiger partial charge in [0.15, 0.2) is 5.01 Å². The molecule has 0 bridgehead atoms. The van der Waals surface area contributed by atoms with E-state index in [1.54, 1.807) is 19.5 Å². The smallest absolute Gasteiger partial charge is 0.282 e. The monoisotopic (exact) mass is 461 g/mol. The lowest BCUT2D eigenvalue weighted by Gasteiger charge is -2.16. The number of nitrogens with zero attached hydrogens (tertiary/aromatic N) is 6. The number of aryl methyl sites for hydroxylation is 1. The molecule has 1 atom stereocenters. The fourth-order valence-corrected chi connectivity index (χ4v) is 4.50. The number of carbonyl (C=O) groups excluding carboxylic acids is 1. The van der Waals surface area contributed by atoms with E-state index in [2.05, 4.69) is 15.3 Å². The Kier molecular flexibility index (Phi) is 5.74. The number of anilines is 1. The van der Waals surface area contributed by atoms with E-state index in [4.69, 9.17) is 14.7 Å². The maximum Gasteiger partial charge on any atom is 0.282 e. The van der Waals surface area contributed by atoms with Crippen molar-refractivity contribution in [3.63, 3.8) is 0 Å².